The number of rotatable bonds is 5. The SMILES string of the molecule is Cc1onc(C(=O)NCc2cn(-c3ccccc3)nc2-c2ccccc2)c1C. The van der Waals surface area contributed by atoms with Gasteiger partial charge in [-0.15, -0.1) is 0 Å². The molecule has 1 amide bonds. The van der Waals surface area contributed by atoms with Gasteiger partial charge in [-0.25, -0.2) is 4.68 Å². The van der Waals surface area contributed by atoms with Gasteiger partial charge in [0.05, 0.1) is 11.4 Å². The molecule has 0 aliphatic rings. The second kappa shape index (κ2) is 7.52. The first-order chi connectivity index (χ1) is 13.6. The number of hydrogen-bond acceptors (Lipinski definition) is 4. The lowest BCUT2D eigenvalue weighted by molar-refractivity contribution is 0.0941. The molecule has 6 heteroatoms. The van der Waals surface area contributed by atoms with Crippen LogP contribution < -0.4 is 5.32 Å². The van der Waals surface area contributed by atoms with E-state index in [9.17, 15) is 4.79 Å². The van der Waals surface area contributed by atoms with Gasteiger partial charge in [-0.1, -0.05) is 53.7 Å². The Morgan fingerprint density at radius 2 is 1.71 bits per heavy atom. The third-order valence-electron chi connectivity index (χ3n) is 4.67. The van der Waals surface area contributed by atoms with Crippen molar-refractivity contribution in [1.29, 1.82) is 0 Å². The van der Waals surface area contributed by atoms with Gasteiger partial charge in [0.2, 0.25) is 0 Å². The number of nitrogens with one attached hydrogen (secondary N) is 1. The molecule has 0 saturated heterocycles. The Kier molecular flexibility index (Phi) is 4.76. The summed E-state index contributed by atoms with van der Waals surface area (Å²) in [5, 5.41) is 11.5. The first-order valence-corrected chi connectivity index (χ1v) is 9.04. The van der Waals surface area contributed by atoms with Crippen LogP contribution >= 0.6 is 0 Å². The number of carbonyl (C=O) groups excluding carboxylic acids is 1. The minimum atomic E-state index is -0.263. The first kappa shape index (κ1) is 17.7. The van der Waals surface area contributed by atoms with E-state index in [2.05, 4.69) is 10.5 Å². The second-order valence-corrected chi connectivity index (χ2v) is 6.54. The molecule has 0 unspecified atom stereocenters. The summed E-state index contributed by atoms with van der Waals surface area (Å²) in [4.78, 5) is 12.5. The average Bonchev–Trinajstić information content (AvgIpc) is 3.31. The highest BCUT2D eigenvalue weighted by Gasteiger charge is 2.18. The highest BCUT2D eigenvalue weighted by Crippen LogP contribution is 2.23. The van der Waals surface area contributed by atoms with Crippen LogP contribution in [0.25, 0.3) is 16.9 Å². The van der Waals surface area contributed by atoms with E-state index in [0.717, 1.165) is 28.1 Å². The van der Waals surface area contributed by atoms with E-state index in [-0.39, 0.29) is 5.91 Å². The Morgan fingerprint density at radius 3 is 2.36 bits per heavy atom. The van der Waals surface area contributed by atoms with Crippen LogP contribution in [0.1, 0.15) is 27.4 Å². The minimum absolute atomic E-state index is 0.263. The van der Waals surface area contributed by atoms with Crippen LogP contribution in [0.2, 0.25) is 0 Å². The minimum Gasteiger partial charge on any atom is -0.361 e. The fourth-order valence-electron chi connectivity index (χ4n) is 2.98. The Balaban J connectivity index is 1.64. The third-order valence-corrected chi connectivity index (χ3v) is 4.67. The van der Waals surface area contributed by atoms with Crippen LogP contribution in [-0.2, 0) is 6.54 Å². The van der Waals surface area contributed by atoms with Crippen molar-refractivity contribution in [3.05, 3.63) is 89.4 Å². The van der Waals surface area contributed by atoms with E-state index in [1.165, 1.54) is 0 Å². The molecule has 2 aromatic carbocycles. The zero-order valence-corrected chi connectivity index (χ0v) is 15.7. The molecule has 0 fully saturated rings. The van der Waals surface area contributed by atoms with Crippen LogP contribution in [0.15, 0.2) is 71.4 Å². The van der Waals surface area contributed by atoms with Gasteiger partial charge in [0.15, 0.2) is 5.69 Å². The molecular weight excluding hydrogens is 352 g/mol. The predicted octanol–water partition coefficient (Wildman–Crippen LogP) is 4.07. The van der Waals surface area contributed by atoms with Crippen molar-refractivity contribution in [2.45, 2.75) is 20.4 Å². The van der Waals surface area contributed by atoms with Crippen molar-refractivity contribution in [2.24, 2.45) is 0 Å². The van der Waals surface area contributed by atoms with Gasteiger partial charge >= 0.3 is 0 Å². The molecule has 0 radical (unpaired) electrons. The molecule has 4 aromatic rings. The number of nitrogens with zero attached hydrogens (tertiary/aromatic N) is 3. The van der Waals surface area contributed by atoms with Crippen molar-refractivity contribution in [2.75, 3.05) is 0 Å². The van der Waals surface area contributed by atoms with Crippen molar-refractivity contribution < 1.29 is 9.32 Å². The summed E-state index contributed by atoms with van der Waals surface area (Å²) in [7, 11) is 0. The summed E-state index contributed by atoms with van der Waals surface area (Å²) < 4.78 is 6.92. The lowest BCUT2D eigenvalue weighted by Crippen LogP contribution is -2.24. The molecule has 0 bridgehead atoms. The van der Waals surface area contributed by atoms with E-state index in [0.29, 0.717) is 18.0 Å². The summed E-state index contributed by atoms with van der Waals surface area (Å²) in [6.07, 6.45) is 1.94. The maximum absolute atomic E-state index is 12.5. The summed E-state index contributed by atoms with van der Waals surface area (Å²) in [6, 6.07) is 19.8. The van der Waals surface area contributed by atoms with Gasteiger partial charge in [-0.3, -0.25) is 4.79 Å². The van der Waals surface area contributed by atoms with Crippen molar-refractivity contribution in [1.82, 2.24) is 20.3 Å². The fourth-order valence-corrected chi connectivity index (χ4v) is 2.98. The number of hydrogen-bond donors (Lipinski definition) is 1. The standard InChI is InChI=1S/C22H20N4O2/c1-15-16(2)28-25-20(15)22(27)23-13-18-14-26(19-11-7-4-8-12-19)24-21(18)17-9-5-3-6-10-17/h3-12,14H,13H2,1-2H3,(H,23,27). The Morgan fingerprint density at radius 1 is 1.04 bits per heavy atom. The molecule has 2 heterocycles. The number of para-hydroxylation sites is 1. The highest BCUT2D eigenvalue weighted by molar-refractivity contribution is 5.93. The van der Waals surface area contributed by atoms with Crippen LogP contribution in [0, 0.1) is 13.8 Å². The summed E-state index contributed by atoms with van der Waals surface area (Å²) >= 11 is 0. The number of aryl methyl sites for hydroxylation is 1. The summed E-state index contributed by atoms with van der Waals surface area (Å²) in [5.41, 5.74) is 4.77. The zero-order chi connectivity index (χ0) is 19.5. The van der Waals surface area contributed by atoms with Gasteiger partial charge < -0.3 is 9.84 Å². The normalized spacial score (nSPS) is 10.8. The molecular formula is C22H20N4O2. The summed E-state index contributed by atoms with van der Waals surface area (Å²) in [6.45, 7) is 3.95. The van der Waals surface area contributed by atoms with E-state index < -0.39 is 0 Å². The largest absolute Gasteiger partial charge is 0.361 e. The quantitative estimate of drug-likeness (QED) is 0.573. The molecule has 140 valence electrons. The van der Waals surface area contributed by atoms with E-state index in [4.69, 9.17) is 9.62 Å². The smallest absolute Gasteiger partial charge is 0.274 e. The van der Waals surface area contributed by atoms with Crippen molar-refractivity contribution in [3.8, 4) is 16.9 Å². The molecule has 0 aliphatic carbocycles. The van der Waals surface area contributed by atoms with Gasteiger partial charge in [0.1, 0.15) is 5.76 Å². The predicted molar refractivity (Wildman–Crippen MR) is 106 cm³/mol. The molecule has 0 atom stereocenters. The van der Waals surface area contributed by atoms with Crippen LogP contribution in [0.5, 0.6) is 0 Å². The lowest BCUT2D eigenvalue weighted by atomic mass is 10.1. The van der Waals surface area contributed by atoms with E-state index in [1.54, 1.807) is 6.92 Å². The molecule has 28 heavy (non-hydrogen) atoms. The van der Waals surface area contributed by atoms with Crippen LogP contribution in [-0.4, -0.2) is 20.8 Å². The van der Waals surface area contributed by atoms with Crippen LogP contribution in [0.3, 0.4) is 0 Å². The topological polar surface area (TPSA) is 73.0 Å². The second-order valence-electron chi connectivity index (χ2n) is 6.54. The van der Waals surface area contributed by atoms with E-state index >= 15 is 0 Å². The maximum Gasteiger partial charge on any atom is 0.274 e. The number of amides is 1. The fraction of sp³-hybridized carbons (Fsp3) is 0.136. The van der Waals surface area contributed by atoms with Gasteiger partial charge in [-0.2, -0.15) is 5.10 Å². The Labute approximate surface area is 162 Å². The maximum atomic E-state index is 12.5. The molecule has 0 aliphatic heterocycles. The highest BCUT2D eigenvalue weighted by atomic mass is 16.5. The molecule has 0 spiro atoms. The number of carbonyl (C=O) groups is 1. The Bertz CT molecular complexity index is 1100. The molecule has 4 rings (SSSR count). The van der Waals surface area contributed by atoms with Gasteiger partial charge in [0.25, 0.3) is 5.91 Å². The Hall–Kier alpha value is -3.67. The molecule has 6 nitrogen and oxygen atoms in total. The summed E-state index contributed by atoms with van der Waals surface area (Å²) in [5.74, 6) is 0.382. The van der Waals surface area contributed by atoms with Gasteiger partial charge in [-0.05, 0) is 26.0 Å². The number of benzene rings is 2. The van der Waals surface area contributed by atoms with Crippen molar-refractivity contribution >= 4 is 5.91 Å². The van der Waals surface area contributed by atoms with Gasteiger partial charge in [0, 0.05) is 29.4 Å². The zero-order valence-electron chi connectivity index (χ0n) is 15.7. The monoisotopic (exact) mass is 372 g/mol. The number of aromatic nitrogens is 3. The lowest BCUT2D eigenvalue weighted by Gasteiger charge is -2.04. The molecule has 0 saturated carbocycles. The third kappa shape index (κ3) is 3.44. The molecule has 2 aromatic heterocycles. The first-order valence-electron chi connectivity index (χ1n) is 9.04. The van der Waals surface area contributed by atoms with Crippen molar-refractivity contribution in [3.63, 3.8) is 0 Å². The average molecular weight is 372 g/mol. The van der Waals surface area contributed by atoms with Crippen LogP contribution in [0.4, 0.5) is 0 Å². The molecule has 1 N–H and O–H groups in total. The van der Waals surface area contributed by atoms with E-state index in [1.807, 2.05) is 78.5 Å².